The summed E-state index contributed by atoms with van der Waals surface area (Å²) in [5.41, 5.74) is 0. The first-order valence-electron chi connectivity index (χ1n) is 6.12. The molecule has 1 aliphatic rings. The second-order valence-electron chi connectivity index (χ2n) is 4.73. The molecule has 0 aliphatic carbocycles. The van der Waals surface area contributed by atoms with E-state index in [1.54, 1.807) is 0 Å². The molecule has 1 fully saturated rings. The van der Waals surface area contributed by atoms with E-state index >= 15 is 0 Å². The van der Waals surface area contributed by atoms with Crippen molar-refractivity contribution in [3.8, 4) is 0 Å². The van der Waals surface area contributed by atoms with Crippen LogP contribution in [0.2, 0.25) is 0 Å². The van der Waals surface area contributed by atoms with Crippen LogP contribution >= 0.6 is 15.9 Å². The van der Waals surface area contributed by atoms with Gasteiger partial charge in [0, 0.05) is 30.2 Å². The predicted octanol–water partition coefficient (Wildman–Crippen LogP) is 2.12. The maximum absolute atomic E-state index is 13.8. The summed E-state index contributed by atoms with van der Waals surface area (Å²) in [6.45, 7) is 0.454. The smallest absolute Gasteiger partial charge is 0.247 e. The molecule has 4 nitrogen and oxygen atoms in total. The summed E-state index contributed by atoms with van der Waals surface area (Å²) >= 11 is 2.90. The van der Waals surface area contributed by atoms with Crippen molar-refractivity contribution < 1.29 is 22.3 Å². The van der Waals surface area contributed by atoms with Crippen LogP contribution in [0.3, 0.4) is 0 Å². The molecule has 0 atom stereocenters. The molecule has 8 heteroatoms. The molecule has 0 amide bonds. The maximum Gasteiger partial charge on any atom is 0.247 e. The highest BCUT2D eigenvalue weighted by Gasteiger charge is 2.33. The molecule has 0 saturated carbocycles. The average molecular weight is 370 g/mol. The second kappa shape index (κ2) is 6.05. The third kappa shape index (κ3) is 3.03. The lowest BCUT2D eigenvalue weighted by atomic mass is 10.00. The number of aliphatic hydroxyl groups excluding tert-OH is 1. The van der Waals surface area contributed by atoms with Gasteiger partial charge in [0.1, 0.15) is 16.5 Å². The summed E-state index contributed by atoms with van der Waals surface area (Å²) in [7, 11) is -4.01. The van der Waals surface area contributed by atoms with Crippen molar-refractivity contribution in [3.63, 3.8) is 0 Å². The number of hydrogen-bond donors (Lipinski definition) is 1. The van der Waals surface area contributed by atoms with Crippen LogP contribution in [0.15, 0.2) is 21.5 Å². The fraction of sp³-hybridized carbons (Fsp3) is 0.500. The number of rotatable bonds is 3. The summed E-state index contributed by atoms with van der Waals surface area (Å²) in [4.78, 5) is -0.540. The zero-order valence-corrected chi connectivity index (χ0v) is 12.9. The van der Waals surface area contributed by atoms with Crippen LogP contribution in [-0.4, -0.2) is 37.5 Å². The van der Waals surface area contributed by atoms with E-state index in [1.165, 1.54) is 4.31 Å². The van der Waals surface area contributed by atoms with E-state index in [4.69, 9.17) is 5.11 Å². The summed E-state index contributed by atoms with van der Waals surface area (Å²) in [6, 6.07) is 1.48. The van der Waals surface area contributed by atoms with Gasteiger partial charge in [0.25, 0.3) is 0 Å². The fourth-order valence-corrected chi connectivity index (χ4v) is 4.82. The maximum atomic E-state index is 13.8. The lowest BCUT2D eigenvalue weighted by Gasteiger charge is -2.30. The second-order valence-corrected chi connectivity index (χ2v) is 7.46. The zero-order chi connectivity index (χ0) is 14.9. The minimum Gasteiger partial charge on any atom is -0.396 e. The number of aliphatic hydroxyl groups is 1. The van der Waals surface area contributed by atoms with Crippen LogP contribution in [0.1, 0.15) is 12.8 Å². The Labute approximate surface area is 124 Å². The molecule has 1 aromatic rings. The van der Waals surface area contributed by atoms with Gasteiger partial charge in [0.05, 0.1) is 0 Å². The average Bonchev–Trinajstić information content (AvgIpc) is 2.37. The van der Waals surface area contributed by atoms with Gasteiger partial charge in [-0.2, -0.15) is 4.31 Å². The molecule has 20 heavy (non-hydrogen) atoms. The molecule has 0 unspecified atom stereocenters. The molecule has 1 aromatic carbocycles. The zero-order valence-electron chi connectivity index (χ0n) is 10.5. The van der Waals surface area contributed by atoms with Gasteiger partial charge in [0.2, 0.25) is 10.0 Å². The SMILES string of the molecule is O=S(=O)(c1c(F)cc(F)cc1Br)N1CCC(CO)CC1. The molecule has 0 aromatic heterocycles. The molecular weight excluding hydrogens is 356 g/mol. The molecule has 0 spiro atoms. The number of halogens is 3. The van der Waals surface area contributed by atoms with Gasteiger partial charge in [0.15, 0.2) is 0 Å². The number of hydrogen-bond acceptors (Lipinski definition) is 3. The third-order valence-electron chi connectivity index (χ3n) is 3.39. The molecule has 1 heterocycles. The Hall–Kier alpha value is -0.570. The van der Waals surface area contributed by atoms with Gasteiger partial charge in [-0.25, -0.2) is 17.2 Å². The van der Waals surface area contributed by atoms with Gasteiger partial charge < -0.3 is 5.11 Å². The molecular formula is C12H14BrF2NO3S. The lowest BCUT2D eigenvalue weighted by molar-refractivity contribution is 0.170. The van der Waals surface area contributed by atoms with Gasteiger partial charge in [-0.05, 0) is 40.8 Å². The highest BCUT2D eigenvalue weighted by atomic mass is 79.9. The summed E-state index contributed by atoms with van der Waals surface area (Å²) < 4.78 is 52.7. The Balaban J connectivity index is 2.32. The summed E-state index contributed by atoms with van der Waals surface area (Å²) in [5, 5.41) is 9.04. The Kier molecular flexibility index (Phi) is 4.78. The van der Waals surface area contributed by atoms with Crippen molar-refractivity contribution >= 4 is 26.0 Å². The minimum atomic E-state index is -4.01. The first kappa shape index (κ1) is 15.8. The van der Waals surface area contributed by atoms with E-state index in [9.17, 15) is 17.2 Å². The summed E-state index contributed by atoms with van der Waals surface area (Å²) in [5.74, 6) is -1.88. The molecule has 0 radical (unpaired) electrons. The number of piperidine rings is 1. The molecule has 112 valence electrons. The Morgan fingerprint density at radius 1 is 1.30 bits per heavy atom. The number of benzene rings is 1. The topological polar surface area (TPSA) is 57.6 Å². The number of nitrogens with zero attached hydrogens (tertiary/aromatic N) is 1. The Morgan fingerprint density at radius 3 is 2.40 bits per heavy atom. The van der Waals surface area contributed by atoms with Crippen LogP contribution < -0.4 is 0 Å². The van der Waals surface area contributed by atoms with E-state index in [-0.39, 0.29) is 30.1 Å². The van der Waals surface area contributed by atoms with Crippen LogP contribution in [-0.2, 0) is 10.0 Å². The van der Waals surface area contributed by atoms with E-state index in [0.29, 0.717) is 18.9 Å². The lowest BCUT2D eigenvalue weighted by Crippen LogP contribution is -2.39. The van der Waals surface area contributed by atoms with Gasteiger partial charge in [-0.3, -0.25) is 0 Å². The highest BCUT2D eigenvalue weighted by Crippen LogP contribution is 2.31. The standard InChI is InChI=1S/C12H14BrF2NO3S/c13-10-5-9(14)6-11(15)12(10)20(18,19)16-3-1-8(7-17)2-4-16/h5-6,8,17H,1-4,7H2. The van der Waals surface area contributed by atoms with Crippen molar-refractivity contribution in [3.05, 3.63) is 28.2 Å². The number of sulfonamides is 1. The van der Waals surface area contributed by atoms with Crippen LogP contribution in [0.25, 0.3) is 0 Å². The quantitative estimate of drug-likeness (QED) is 0.887. The van der Waals surface area contributed by atoms with Crippen molar-refractivity contribution in [2.24, 2.45) is 5.92 Å². The van der Waals surface area contributed by atoms with Crippen molar-refractivity contribution in [2.45, 2.75) is 17.7 Å². The molecule has 2 rings (SSSR count). The fourth-order valence-electron chi connectivity index (χ4n) is 2.24. The molecule has 1 aliphatic heterocycles. The van der Waals surface area contributed by atoms with E-state index in [0.717, 1.165) is 6.07 Å². The van der Waals surface area contributed by atoms with E-state index < -0.39 is 26.6 Å². The monoisotopic (exact) mass is 369 g/mol. The van der Waals surface area contributed by atoms with Crippen LogP contribution in [0, 0.1) is 17.6 Å². The van der Waals surface area contributed by atoms with E-state index in [1.807, 2.05) is 0 Å². The molecule has 1 N–H and O–H groups in total. The van der Waals surface area contributed by atoms with Crippen molar-refractivity contribution in [1.82, 2.24) is 4.31 Å². The first-order valence-corrected chi connectivity index (χ1v) is 8.35. The normalized spacial score (nSPS) is 18.4. The van der Waals surface area contributed by atoms with Gasteiger partial charge in [-0.15, -0.1) is 0 Å². The Bertz CT molecular complexity index is 578. The van der Waals surface area contributed by atoms with E-state index in [2.05, 4.69) is 15.9 Å². The molecule has 0 bridgehead atoms. The Morgan fingerprint density at radius 2 is 1.90 bits per heavy atom. The third-order valence-corrected chi connectivity index (χ3v) is 6.26. The van der Waals surface area contributed by atoms with Gasteiger partial charge in [-0.1, -0.05) is 0 Å². The van der Waals surface area contributed by atoms with Gasteiger partial charge >= 0.3 is 0 Å². The summed E-state index contributed by atoms with van der Waals surface area (Å²) in [6.07, 6.45) is 1.05. The van der Waals surface area contributed by atoms with Crippen LogP contribution in [0.5, 0.6) is 0 Å². The predicted molar refractivity (Wildman–Crippen MR) is 72.6 cm³/mol. The van der Waals surface area contributed by atoms with Crippen molar-refractivity contribution in [2.75, 3.05) is 19.7 Å². The largest absolute Gasteiger partial charge is 0.396 e. The first-order chi connectivity index (χ1) is 9.36. The highest BCUT2D eigenvalue weighted by molar-refractivity contribution is 9.10. The van der Waals surface area contributed by atoms with Crippen molar-refractivity contribution in [1.29, 1.82) is 0 Å². The minimum absolute atomic E-state index is 0.0164. The van der Waals surface area contributed by atoms with Crippen LogP contribution in [0.4, 0.5) is 8.78 Å². The molecule has 1 saturated heterocycles.